The molecule has 0 fully saturated rings. The van der Waals surface area contributed by atoms with Gasteiger partial charge in [0.1, 0.15) is 5.82 Å². The standard InChI is InChI=1S/C18H17FN2O2/c1-10(2)16-14-9-13(7-8-15(14)21-18(16)23)20-17(22)11-3-5-12(19)6-4-11/h3-10,16H,1-2H3,(H,20,22)(H,21,23). The molecular weight excluding hydrogens is 295 g/mol. The number of rotatable bonds is 3. The molecule has 118 valence electrons. The number of fused-ring (bicyclic) bond motifs is 1. The van der Waals surface area contributed by atoms with Crippen LogP contribution in [0.15, 0.2) is 42.5 Å². The third kappa shape index (κ3) is 2.95. The average Bonchev–Trinajstić information content (AvgIpc) is 2.83. The van der Waals surface area contributed by atoms with Crippen LogP contribution >= 0.6 is 0 Å². The molecular formula is C18H17FN2O2. The first-order valence-electron chi connectivity index (χ1n) is 7.47. The summed E-state index contributed by atoms with van der Waals surface area (Å²) in [5.74, 6) is -0.768. The normalized spacial score (nSPS) is 16.2. The van der Waals surface area contributed by atoms with E-state index in [-0.39, 0.29) is 29.5 Å². The van der Waals surface area contributed by atoms with Crippen molar-refractivity contribution in [1.82, 2.24) is 0 Å². The quantitative estimate of drug-likeness (QED) is 0.906. The number of hydrogen-bond donors (Lipinski definition) is 2. The minimum absolute atomic E-state index is 0.0167. The largest absolute Gasteiger partial charge is 0.325 e. The summed E-state index contributed by atoms with van der Waals surface area (Å²) >= 11 is 0. The lowest BCUT2D eigenvalue weighted by Crippen LogP contribution is -2.17. The van der Waals surface area contributed by atoms with Gasteiger partial charge in [0, 0.05) is 16.9 Å². The zero-order chi connectivity index (χ0) is 16.6. The summed E-state index contributed by atoms with van der Waals surface area (Å²) in [5, 5.41) is 5.64. The van der Waals surface area contributed by atoms with Gasteiger partial charge in [-0.25, -0.2) is 4.39 Å². The second-order valence-electron chi connectivity index (χ2n) is 5.97. The van der Waals surface area contributed by atoms with Crippen molar-refractivity contribution in [2.75, 3.05) is 10.6 Å². The number of benzene rings is 2. The summed E-state index contributed by atoms with van der Waals surface area (Å²) in [7, 11) is 0. The highest BCUT2D eigenvalue weighted by molar-refractivity contribution is 6.06. The van der Waals surface area contributed by atoms with Gasteiger partial charge < -0.3 is 10.6 Å². The van der Waals surface area contributed by atoms with Gasteiger partial charge in [-0.1, -0.05) is 13.8 Å². The number of carbonyl (C=O) groups is 2. The Hall–Kier alpha value is -2.69. The predicted molar refractivity (Wildman–Crippen MR) is 87.0 cm³/mol. The molecule has 5 heteroatoms. The van der Waals surface area contributed by atoms with Gasteiger partial charge >= 0.3 is 0 Å². The Kier molecular flexibility index (Phi) is 3.86. The lowest BCUT2D eigenvalue weighted by Gasteiger charge is -2.14. The van der Waals surface area contributed by atoms with Gasteiger partial charge in [0.2, 0.25) is 5.91 Å². The molecule has 0 bridgehead atoms. The van der Waals surface area contributed by atoms with Crippen LogP contribution in [0, 0.1) is 11.7 Å². The fraction of sp³-hybridized carbons (Fsp3) is 0.222. The van der Waals surface area contributed by atoms with Crippen molar-refractivity contribution in [3.8, 4) is 0 Å². The van der Waals surface area contributed by atoms with Gasteiger partial charge in [0.05, 0.1) is 5.92 Å². The fourth-order valence-corrected chi connectivity index (χ4v) is 2.83. The molecule has 0 spiro atoms. The van der Waals surface area contributed by atoms with Gasteiger partial charge in [0.15, 0.2) is 0 Å². The van der Waals surface area contributed by atoms with Gasteiger partial charge in [-0.3, -0.25) is 9.59 Å². The van der Waals surface area contributed by atoms with E-state index in [1.165, 1.54) is 24.3 Å². The molecule has 1 heterocycles. The van der Waals surface area contributed by atoms with Crippen molar-refractivity contribution in [3.05, 3.63) is 59.4 Å². The third-order valence-corrected chi connectivity index (χ3v) is 3.96. The third-order valence-electron chi connectivity index (χ3n) is 3.96. The second kappa shape index (κ2) is 5.83. The van der Waals surface area contributed by atoms with E-state index in [0.717, 1.165) is 11.3 Å². The smallest absolute Gasteiger partial charge is 0.255 e. The Morgan fingerprint density at radius 2 is 1.87 bits per heavy atom. The monoisotopic (exact) mass is 312 g/mol. The highest BCUT2D eigenvalue weighted by Gasteiger charge is 2.33. The molecule has 3 rings (SSSR count). The first-order valence-corrected chi connectivity index (χ1v) is 7.47. The van der Waals surface area contributed by atoms with Crippen LogP contribution in [-0.2, 0) is 4.79 Å². The zero-order valence-electron chi connectivity index (χ0n) is 12.9. The lowest BCUT2D eigenvalue weighted by atomic mass is 9.89. The van der Waals surface area contributed by atoms with E-state index in [9.17, 15) is 14.0 Å². The van der Waals surface area contributed by atoms with Crippen LogP contribution in [0.2, 0.25) is 0 Å². The number of halogens is 1. The molecule has 2 aromatic rings. The topological polar surface area (TPSA) is 58.2 Å². The predicted octanol–water partition coefficient (Wildman–Crippen LogP) is 3.77. The molecule has 4 nitrogen and oxygen atoms in total. The molecule has 2 amide bonds. The van der Waals surface area contributed by atoms with E-state index >= 15 is 0 Å². The number of anilines is 2. The maximum Gasteiger partial charge on any atom is 0.255 e. The summed E-state index contributed by atoms with van der Waals surface area (Å²) in [5.41, 5.74) is 2.66. The molecule has 1 atom stereocenters. The minimum atomic E-state index is -0.386. The molecule has 1 unspecified atom stereocenters. The van der Waals surface area contributed by atoms with Crippen molar-refractivity contribution in [2.24, 2.45) is 5.92 Å². The Labute approximate surface area is 133 Å². The lowest BCUT2D eigenvalue weighted by molar-refractivity contribution is -0.117. The molecule has 0 saturated heterocycles. The van der Waals surface area contributed by atoms with Crippen LogP contribution in [0.25, 0.3) is 0 Å². The highest BCUT2D eigenvalue weighted by Crippen LogP contribution is 2.38. The Morgan fingerprint density at radius 1 is 1.17 bits per heavy atom. The van der Waals surface area contributed by atoms with Crippen LogP contribution in [0.3, 0.4) is 0 Å². The number of hydrogen-bond acceptors (Lipinski definition) is 2. The molecule has 0 saturated carbocycles. The van der Waals surface area contributed by atoms with Gasteiger partial charge in [-0.15, -0.1) is 0 Å². The van der Waals surface area contributed by atoms with Gasteiger partial charge in [-0.2, -0.15) is 0 Å². The van der Waals surface area contributed by atoms with Crippen molar-refractivity contribution in [1.29, 1.82) is 0 Å². The van der Waals surface area contributed by atoms with Crippen molar-refractivity contribution in [3.63, 3.8) is 0 Å². The van der Waals surface area contributed by atoms with Crippen LogP contribution < -0.4 is 10.6 Å². The van der Waals surface area contributed by atoms with Crippen LogP contribution in [-0.4, -0.2) is 11.8 Å². The Bertz CT molecular complexity index is 769. The summed E-state index contributed by atoms with van der Waals surface area (Å²) < 4.78 is 12.9. The SMILES string of the molecule is CC(C)C1C(=O)Nc2ccc(NC(=O)c3ccc(F)cc3)cc21. The number of amides is 2. The maximum atomic E-state index is 12.9. The van der Waals surface area contributed by atoms with Gasteiger partial charge in [0.25, 0.3) is 5.91 Å². The first-order chi connectivity index (χ1) is 11.0. The van der Waals surface area contributed by atoms with Crippen LogP contribution in [0.5, 0.6) is 0 Å². The molecule has 2 aromatic carbocycles. The Balaban J connectivity index is 1.84. The molecule has 23 heavy (non-hydrogen) atoms. The first kappa shape index (κ1) is 15.2. The molecule has 0 radical (unpaired) electrons. The van der Waals surface area contributed by atoms with E-state index < -0.39 is 0 Å². The Morgan fingerprint density at radius 3 is 2.52 bits per heavy atom. The molecule has 0 aromatic heterocycles. The molecule has 1 aliphatic rings. The minimum Gasteiger partial charge on any atom is -0.325 e. The summed E-state index contributed by atoms with van der Waals surface area (Å²) in [6, 6.07) is 10.7. The van der Waals surface area contributed by atoms with E-state index in [2.05, 4.69) is 10.6 Å². The van der Waals surface area contributed by atoms with E-state index in [4.69, 9.17) is 0 Å². The van der Waals surface area contributed by atoms with E-state index in [0.29, 0.717) is 11.3 Å². The second-order valence-corrected chi connectivity index (χ2v) is 5.97. The fourth-order valence-electron chi connectivity index (χ4n) is 2.83. The van der Waals surface area contributed by atoms with Crippen LogP contribution in [0.1, 0.15) is 35.7 Å². The molecule has 0 aliphatic carbocycles. The summed E-state index contributed by atoms with van der Waals surface area (Å²) in [6.07, 6.45) is 0. The van der Waals surface area contributed by atoms with Crippen LogP contribution in [0.4, 0.5) is 15.8 Å². The number of carbonyl (C=O) groups excluding carboxylic acids is 2. The van der Waals surface area contributed by atoms with Crippen molar-refractivity contribution in [2.45, 2.75) is 19.8 Å². The zero-order valence-corrected chi connectivity index (χ0v) is 12.9. The average molecular weight is 312 g/mol. The van der Waals surface area contributed by atoms with Gasteiger partial charge in [-0.05, 0) is 53.9 Å². The highest BCUT2D eigenvalue weighted by atomic mass is 19.1. The maximum absolute atomic E-state index is 12.9. The van der Waals surface area contributed by atoms with Crippen molar-refractivity contribution < 1.29 is 14.0 Å². The summed E-state index contributed by atoms with van der Waals surface area (Å²) in [4.78, 5) is 24.2. The number of nitrogens with one attached hydrogen (secondary N) is 2. The van der Waals surface area contributed by atoms with E-state index in [1.807, 2.05) is 19.9 Å². The summed E-state index contributed by atoms with van der Waals surface area (Å²) in [6.45, 7) is 3.98. The van der Waals surface area contributed by atoms with Crippen molar-refractivity contribution >= 4 is 23.2 Å². The van der Waals surface area contributed by atoms with E-state index in [1.54, 1.807) is 12.1 Å². The molecule has 2 N–H and O–H groups in total. The molecule has 1 aliphatic heterocycles.